The Kier molecular flexibility index (Phi) is 7.41. The van der Waals surface area contributed by atoms with Crippen LogP contribution in [0.5, 0.6) is 17.4 Å². The van der Waals surface area contributed by atoms with E-state index in [1.165, 1.54) is 12.1 Å². The molecule has 1 saturated heterocycles. The zero-order chi connectivity index (χ0) is 26.6. The number of nitrogens with zero attached hydrogens (tertiary/aromatic N) is 3. The molecule has 0 spiro atoms. The first-order chi connectivity index (χ1) is 18.4. The molecule has 0 radical (unpaired) electrons. The summed E-state index contributed by atoms with van der Waals surface area (Å²) in [4.78, 5) is 17.0. The molecule has 0 unspecified atom stereocenters. The van der Waals surface area contributed by atoms with Crippen LogP contribution in [-0.2, 0) is 4.74 Å². The number of fused-ring (bicyclic) bond motifs is 1. The zero-order valence-corrected chi connectivity index (χ0v) is 21.3. The van der Waals surface area contributed by atoms with Gasteiger partial charge in [0, 0.05) is 49.6 Å². The molecule has 2 aromatic heterocycles. The highest BCUT2D eigenvalue weighted by molar-refractivity contribution is 5.96. The number of halogens is 1. The maximum absolute atomic E-state index is 14.4. The van der Waals surface area contributed by atoms with Crippen LogP contribution in [0.3, 0.4) is 0 Å². The minimum absolute atomic E-state index is 0.0613. The van der Waals surface area contributed by atoms with Crippen LogP contribution in [0.1, 0.15) is 35.7 Å². The van der Waals surface area contributed by atoms with Gasteiger partial charge in [-0.05, 0) is 62.4 Å². The number of hydrogen-bond donors (Lipinski definition) is 3. The molecule has 2 aromatic carbocycles. The first-order valence-corrected chi connectivity index (χ1v) is 12.7. The number of carbonyl (C=O) groups excluding carboxylic acids is 1. The fraction of sp³-hybridized carbons (Fsp3) is 0.321. The average molecular weight is 520 g/mol. The quantitative estimate of drug-likeness (QED) is 0.303. The number of rotatable bonds is 8. The van der Waals surface area contributed by atoms with Gasteiger partial charge in [-0.3, -0.25) is 4.79 Å². The highest BCUT2D eigenvalue weighted by atomic mass is 19.1. The van der Waals surface area contributed by atoms with E-state index < -0.39 is 5.82 Å². The van der Waals surface area contributed by atoms with Crippen LogP contribution in [0.2, 0.25) is 0 Å². The Bertz CT molecular complexity index is 1470. The van der Waals surface area contributed by atoms with Gasteiger partial charge in [-0.15, -0.1) is 5.10 Å². The summed E-state index contributed by atoms with van der Waals surface area (Å²) in [5, 5.41) is 20.5. The predicted octanol–water partition coefficient (Wildman–Crippen LogP) is 4.93. The van der Waals surface area contributed by atoms with Crippen molar-refractivity contribution in [3.8, 4) is 28.6 Å². The lowest BCUT2D eigenvalue weighted by Gasteiger charge is -2.22. The molecule has 3 heterocycles. The Hall–Kier alpha value is -4.18. The third-order valence-electron chi connectivity index (χ3n) is 6.60. The summed E-state index contributed by atoms with van der Waals surface area (Å²) < 4.78 is 27.4. The normalized spacial score (nSPS) is 14.0. The van der Waals surface area contributed by atoms with Crippen LogP contribution >= 0.6 is 0 Å². The van der Waals surface area contributed by atoms with E-state index in [-0.39, 0.29) is 23.3 Å². The molecule has 3 N–H and O–H groups in total. The van der Waals surface area contributed by atoms with Crippen LogP contribution in [0.25, 0.3) is 16.9 Å². The molecule has 198 valence electrons. The second-order valence-electron chi connectivity index (χ2n) is 9.32. The van der Waals surface area contributed by atoms with E-state index in [2.05, 4.69) is 20.7 Å². The van der Waals surface area contributed by atoms with Crippen molar-refractivity contribution in [2.24, 2.45) is 5.92 Å². The fourth-order valence-electron chi connectivity index (χ4n) is 4.55. The maximum Gasteiger partial charge on any atom is 0.251 e. The number of anilines is 1. The summed E-state index contributed by atoms with van der Waals surface area (Å²) in [6, 6.07) is 10.9. The van der Waals surface area contributed by atoms with Crippen molar-refractivity contribution in [1.29, 1.82) is 0 Å². The molecule has 5 rings (SSSR count). The summed E-state index contributed by atoms with van der Waals surface area (Å²) >= 11 is 0. The van der Waals surface area contributed by atoms with Gasteiger partial charge >= 0.3 is 0 Å². The van der Waals surface area contributed by atoms with Crippen molar-refractivity contribution in [2.75, 3.05) is 31.6 Å². The van der Waals surface area contributed by atoms with Gasteiger partial charge in [-0.1, -0.05) is 6.07 Å². The number of aryl methyl sites for hydroxylation is 1. The van der Waals surface area contributed by atoms with E-state index in [9.17, 15) is 14.3 Å². The van der Waals surface area contributed by atoms with Crippen molar-refractivity contribution < 1.29 is 23.8 Å². The van der Waals surface area contributed by atoms with Crippen LogP contribution in [0.4, 0.5) is 10.1 Å². The summed E-state index contributed by atoms with van der Waals surface area (Å²) in [5.41, 5.74) is 4.22. The molecule has 1 aliphatic rings. The highest BCUT2D eigenvalue weighted by Crippen LogP contribution is 2.32. The third-order valence-corrected chi connectivity index (χ3v) is 6.60. The SMILES string of the molecule is CCNC(=O)c1ccc(-c2cnc3c(NCC4CCOCC4)cc(Oc4ccc(O)cc4F)nn23)cc1C. The fourth-order valence-corrected chi connectivity index (χ4v) is 4.55. The van der Waals surface area contributed by atoms with Crippen LogP contribution < -0.4 is 15.4 Å². The Morgan fingerprint density at radius 2 is 2.03 bits per heavy atom. The summed E-state index contributed by atoms with van der Waals surface area (Å²) in [6.07, 6.45) is 3.65. The lowest BCUT2D eigenvalue weighted by Crippen LogP contribution is -2.23. The van der Waals surface area contributed by atoms with Crippen molar-refractivity contribution in [3.63, 3.8) is 0 Å². The number of benzene rings is 2. The number of aromatic nitrogens is 3. The Morgan fingerprint density at radius 1 is 1.21 bits per heavy atom. The van der Waals surface area contributed by atoms with Crippen molar-refractivity contribution >= 4 is 17.2 Å². The van der Waals surface area contributed by atoms with Gasteiger partial charge in [0.15, 0.2) is 17.2 Å². The molecule has 1 aliphatic heterocycles. The van der Waals surface area contributed by atoms with E-state index in [4.69, 9.17) is 9.47 Å². The number of carbonyl (C=O) groups is 1. The van der Waals surface area contributed by atoms with Gasteiger partial charge in [0.1, 0.15) is 5.75 Å². The second-order valence-corrected chi connectivity index (χ2v) is 9.32. The van der Waals surface area contributed by atoms with Gasteiger partial charge in [-0.25, -0.2) is 13.9 Å². The summed E-state index contributed by atoms with van der Waals surface area (Å²) in [6.45, 7) is 6.51. The summed E-state index contributed by atoms with van der Waals surface area (Å²) in [5.74, 6) is -0.472. The van der Waals surface area contributed by atoms with Crippen molar-refractivity contribution in [3.05, 3.63) is 65.6 Å². The zero-order valence-electron chi connectivity index (χ0n) is 21.3. The molecule has 4 aromatic rings. The Labute approximate surface area is 219 Å². The molecule has 1 amide bonds. The minimum Gasteiger partial charge on any atom is -0.508 e. The third kappa shape index (κ3) is 5.40. The first-order valence-electron chi connectivity index (χ1n) is 12.7. The standard InChI is InChI=1S/C28H30FN5O4/c1-3-30-28(36)21-6-4-19(12-17(21)2)24-16-32-27-23(31-15-18-8-10-37-11-9-18)14-26(33-34(24)27)38-25-7-5-20(35)13-22(25)29/h4-7,12-14,16,18,31,35H,3,8-11,15H2,1-2H3,(H,30,36). The highest BCUT2D eigenvalue weighted by Gasteiger charge is 2.19. The van der Waals surface area contributed by atoms with Crippen molar-refractivity contribution in [2.45, 2.75) is 26.7 Å². The average Bonchev–Trinajstić information content (AvgIpc) is 3.34. The van der Waals surface area contributed by atoms with Crippen molar-refractivity contribution in [1.82, 2.24) is 19.9 Å². The topological polar surface area (TPSA) is 110 Å². The monoisotopic (exact) mass is 519 g/mol. The van der Waals surface area contributed by atoms with E-state index >= 15 is 0 Å². The van der Waals surface area contributed by atoms with E-state index in [0.29, 0.717) is 35.1 Å². The number of hydrogen-bond acceptors (Lipinski definition) is 7. The van der Waals surface area contributed by atoms with Crippen LogP contribution in [0.15, 0.2) is 48.7 Å². The molecular weight excluding hydrogens is 489 g/mol. The van der Waals surface area contributed by atoms with Gasteiger partial charge < -0.3 is 25.2 Å². The minimum atomic E-state index is -0.703. The van der Waals surface area contributed by atoms with Gasteiger partial charge in [0.05, 0.1) is 17.6 Å². The molecule has 0 atom stereocenters. The van der Waals surface area contributed by atoms with Crippen LogP contribution in [-0.4, -0.2) is 51.9 Å². The van der Waals surface area contributed by atoms with E-state index in [1.54, 1.807) is 22.8 Å². The molecule has 9 nitrogen and oxygen atoms in total. The maximum atomic E-state index is 14.4. The predicted molar refractivity (Wildman–Crippen MR) is 141 cm³/mol. The smallest absolute Gasteiger partial charge is 0.251 e. The number of imidazole rings is 1. The van der Waals surface area contributed by atoms with E-state index in [1.807, 2.05) is 26.0 Å². The summed E-state index contributed by atoms with van der Waals surface area (Å²) in [7, 11) is 0. The molecule has 10 heteroatoms. The molecule has 0 aliphatic carbocycles. The number of amides is 1. The number of phenols is 1. The molecule has 1 fully saturated rings. The van der Waals surface area contributed by atoms with Crippen LogP contribution in [0, 0.1) is 18.7 Å². The number of nitrogens with one attached hydrogen (secondary N) is 2. The molecule has 0 saturated carbocycles. The lowest BCUT2D eigenvalue weighted by molar-refractivity contribution is 0.0699. The van der Waals surface area contributed by atoms with Gasteiger partial charge in [0.25, 0.3) is 5.91 Å². The second kappa shape index (κ2) is 11.1. The largest absolute Gasteiger partial charge is 0.508 e. The Balaban J connectivity index is 1.53. The number of ether oxygens (including phenoxy) is 2. The van der Waals surface area contributed by atoms with Gasteiger partial charge in [-0.2, -0.15) is 0 Å². The molecular formula is C28H30FN5O4. The lowest BCUT2D eigenvalue weighted by atomic mass is 10.0. The number of phenolic OH excluding ortho intramolecular Hbond substituents is 1. The molecule has 0 bridgehead atoms. The Morgan fingerprint density at radius 3 is 2.76 bits per heavy atom. The first kappa shape index (κ1) is 25.5. The molecule has 38 heavy (non-hydrogen) atoms. The number of aromatic hydroxyl groups is 1. The van der Waals surface area contributed by atoms with E-state index in [0.717, 1.165) is 49.8 Å². The van der Waals surface area contributed by atoms with Gasteiger partial charge in [0.2, 0.25) is 5.88 Å².